The minimum absolute atomic E-state index is 0.209. The van der Waals surface area contributed by atoms with Crippen LogP contribution in [0.15, 0.2) is 24.3 Å². The molecule has 1 aliphatic heterocycles. The number of likely N-dealkylation sites (tertiary alicyclic amines) is 1. The highest BCUT2D eigenvalue weighted by Gasteiger charge is 2.62. The van der Waals surface area contributed by atoms with E-state index in [-0.39, 0.29) is 18.6 Å². The highest BCUT2D eigenvalue weighted by molar-refractivity contribution is 6.63. The fraction of sp³-hybridized carbons (Fsp3) is 0.571. The van der Waals surface area contributed by atoms with Gasteiger partial charge in [-0.05, 0) is 43.4 Å². The van der Waals surface area contributed by atoms with Crippen molar-refractivity contribution in [3.05, 3.63) is 35.4 Å². The molecule has 1 aromatic rings. The first kappa shape index (κ1) is 22.4. The predicted octanol–water partition coefficient (Wildman–Crippen LogP) is 4.30. The number of imide groups is 1. The molecule has 28 heavy (non-hydrogen) atoms. The summed E-state index contributed by atoms with van der Waals surface area (Å²) in [4.78, 5) is 38.0. The number of benzene rings is 1. The molecule has 1 fully saturated rings. The molecular formula is C21H29ClN2O4. The Balaban J connectivity index is 2.20. The van der Waals surface area contributed by atoms with Crippen LogP contribution in [0.2, 0.25) is 0 Å². The van der Waals surface area contributed by atoms with Crippen LogP contribution in [0.5, 0.6) is 0 Å². The van der Waals surface area contributed by atoms with Crippen LogP contribution in [0.3, 0.4) is 0 Å². The van der Waals surface area contributed by atoms with E-state index in [2.05, 4.69) is 5.32 Å². The summed E-state index contributed by atoms with van der Waals surface area (Å²) >= 11 is 5.40. The molecule has 2 rings (SSSR count). The lowest BCUT2D eigenvalue weighted by molar-refractivity contribution is -0.209. The van der Waals surface area contributed by atoms with Crippen LogP contribution in [0.4, 0.5) is 4.79 Å². The van der Waals surface area contributed by atoms with Gasteiger partial charge in [-0.15, -0.1) is 0 Å². The molecule has 0 unspecified atom stereocenters. The first-order chi connectivity index (χ1) is 13.3. The summed E-state index contributed by atoms with van der Waals surface area (Å²) in [6.07, 6.45) is 1.86. The zero-order chi connectivity index (χ0) is 20.9. The van der Waals surface area contributed by atoms with E-state index in [9.17, 15) is 14.4 Å². The van der Waals surface area contributed by atoms with Crippen molar-refractivity contribution in [1.29, 1.82) is 0 Å². The lowest BCUT2D eigenvalue weighted by Gasteiger charge is -2.53. The van der Waals surface area contributed by atoms with Gasteiger partial charge in [0.2, 0.25) is 11.1 Å². The highest BCUT2D eigenvalue weighted by Crippen LogP contribution is 2.46. The summed E-state index contributed by atoms with van der Waals surface area (Å²) in [5.74, 6) is -0.277. The number of β-lactam (4-membered cyclic amide) rings is 1. The van der Waals surface area contributed by atoms with E-state index in [1.165, 1.54) is 0 Å². The number of hydrogen-bond acceptors (Lipinski definition) is 4. The number of carbonyl (C=O) groups excluding carboxylic acids is 3. The molecule has 1 N–H and O–H groups in total. The average molecular weight is 409 g/mol. The van der Waals surface area contributed by atoms with Crippen LogP contribution < -0.4 is 5.32 Å². The van der Waals surface area contributed by atoms with Crippen LogP contribution in [-0.2, 0) is 14.3 Å². The summed E-state index contributed by atoms with van der Waals surface area (Å²) < 4.78 is 5.57. The largest absolute Gasteiger partial charge is 0.347 e. The third-order valence-corrected chi connectivity index (χ3v) is 5.65. The number of nitrogens with one attached hydrogen (secondary N) is 1. The van der Waals surface area contributed by atoms with E-state index >= 15 is 0 Å². The fourth-order valence-electron chi connectivity index (χ4n) is 3.74. The van der Waals surface area contributed by atoms with E-state index in [0.717, 1.165) is 28.9 Å². The Morgan fingerprint density at radius 1 is 1.21 bits per heavy atom. The third kappa shape index (κ3) is 4.39. The van der Waals surface area contributed by atoms with Gasteiger partial charge >= 0.3 is 6.03 Å². The quantitative estimate of drug-likeness (QED) is 0.488. The van der Waals surface area contributed by atoms with Gasteiger partial charge < -0.3 is 10.1 Å². The Labute approximate surface area is 171 Å². The molecule has 7 heteroatoms. The number of aryl methyl sites for hydroxylation is 1. The molecule has 1 saturated heterocycles. The van der Waals surface area contributed by atoms with Crippen molar-refractivity contribution in [2.24, 2.45) is 5.41 Å². The normalized spacial score (nSPS) is 19.1. The second-order valence-electron chi connectivity index (χ2n) is 7.26. The molecular weight excluding hydrogens is 380 g/mol. The molecule has 0 radical (unpaired) electrons. The van der Waals surface area contributed by atoms with Gasteiger partial charge in [-0.25, -0.2) is 9.69 Å². The first-order valence-electron chi connectivity index (χ1n) is 9.81. The van der Waals surface area contributed by atoms with Crippen LogP contribution in [-0.4, -0.2) is 34.9 Å². The molecule has 1 aromatic carbocycles. The Bertz CT molecular complexity index is 716. The van der Waals surface area contributed by atoms with Gasteiger partial charge in [-0.1, -0.05) is 57.0 Å². The van der Waals surface area contributed by atoms with Crippen molar-refractivity contribution < 1.29 is 19.1 Å². The maximum Gasteiger partial charge on any atom is 0.326 e. The minimum atomic E-state index is -0.798. The maximum atomic E-state index is 12.9. The predicted molar refractivity (Wildman–Crippen MR) is 108 cm³/mol. The average Bonchev–Trinajstić information content (AvgIpc) is 2.66. The summed E-state index contributed by atoms with van der Waals surface area (Å²) in [7, 11) is 0. The lowest BCUT2D eigenvalue weighted by Crippen LogP contribution is -2.72. The van der Waals surface area contributed by atoms with Crippen LogP contribution in [0.1, 0.15) is 63.6 Å². The molecule has 0 saturated carbocycles. The molecule has 0 bridgehead atoms. The molecule has 3 amide bonds. The van der Waals surface area contributed by atoms with Gasteiger partial charge in [0.05, 0.1) is 11.5 Å². The van der Waals surface area contributed by atoms with E-state index in [0.29, 0.717) is 12.8 Å². The number of halogens is 1. The van der Waals surface area contributed by atoms with Crippen LogP contribution >= 0.6 is 11.6 Å². The van der Waals surface area contributed by atoms with E-state index in [4.69, 9.17) is 16.3 Å². The van der Waals surface area contributed by atoms with Crippen molar-refractivity contribution in [2.45, 2.75) is 65.6 Å². The monoisotopic (exact) mass is 408 g/mol. The van der Waals surface area contributed by atoms with E-state index in [1.54, 1.807) is 0 Å². The Kier molecular flexibility index (Phi) is 7.61. The number of urea groups is 1. The van der Waals surface area contributed by atoms with Crippen molar-refractivity contribution in [3.63, 3.8) is 0 Å². The molecule has 0 aliphatic carbocycles. The Morgan fingerprint density at radius 2 is 1.82 bits per heavy atom. The summed E-state index contributed by atoms with van der Waals surface area (Å²) in [5, 5.41) is 2.30. The van der Waals surface area contributed by atoms with Crippen molar-refractivity contribution >= 4 is 28.8 Å². The summed E-state index contributed by atoms with van der Waals surface area (Å²) in [6, 6.07) is 7.24. The number of carbonyl (C=O) groups is 3. The number of nitrogens with zero attached hydrogens (tertiary/aromatic N) is 1. The highest BCUT2D eigenvalue weighted by atomic mass is 35.5. The van der Waals surface area contributed by atoms with Gasteiger partial charge in [-0.3, -0.25) is 9.59 Å². The molecule has 1 heterocycles. The number of ether oxygens (including phenoxy) is 1. The third-order valence-electron chi connectivity index (χ3n) is 5.54. The van der Waals surface area contributed by atoms with Crippen molar-refractivity contribution in [1.82, 2.24) is 10.2 Å². The van der Waals surface area contributed by atoms with Crippen LogP contribution in [0, 0.1) is 12.3 Å². The molecule has 6 nitrogen and oxygen atoms in total. The zero-order valence-electron chi connectivity index (χ0n) is 17.0. The number of rotatable bonds is 9. The van der Waals surface area contributed by atoms with Crippen molar-refractivity contribution in [3.8, 4) is 0 Å². The standard InChI is InChI=1S/C21H29ClN2O4/c1-5-8-16(15-11-9-14(4)10-12-15)23-20(27)24-18(26)21(6-2,7-3)19(24)28-13-17(22)25/h9-12,16,19H,5-8,13H2,1-4H3,(H,23,27)/t16-,19+/m1/s1. The molecule has 0 aromatic heterocycles. The second kappa shape index (κ2) is 9.52. The Hall–Kier alpha value is -1.92. The Morgan fingerprint density at radius 3 is 2.32 bits per heavy atom. The van der Waals surface area contributed by atoms with Gasteiger partial charge in [0.15, 0.2) is 6.23 Å². The van der Waals surface area contributed by atoms with Gasteiger partial charge in [0, 0.05) is 0 Å². The van der Waals surface area contributed by atoms with E-state index < -0.39 is 22.9 Å². The molecule has 2 atom stereocenters. The van der Waals surface area contributed by atoms with E-state index in [1.807, 2.05) is 52.0 Å². The maximum absolute atomic E-state index is 12.9. The minimum Gasteiger partial charge on any atom is -0.347 e. The SMILES string of the molecule is CCC[C@@H](NC(=O)N1C(=O)C(CC)(CC)[C@@H]1OCC(=O)Cl)c1ccc(C)cc1. The zero-order valence-corrected chi connectivity index (χ0v) is 17.7. The van der Waals surface area contributed by atoms with Gasteiger partial charge in [0.1, 0.15) is 6.61 Å². The number of amides is 3. The smallest absolute Gasteiger partial charge is 0.326 e. The molecule has 0 spiro atoms. The van der Waals surface area contributed by atoms with Crippen LogP contribution in [0.25, 0.3) is 0 Å². The number of hydrogen-bond donors (Lipinski definition) is 1. The summed E-state index contributed by atoms with van der Waals surface area (Å²) in [5.41, 5.74) is 1.32. The second-order valence-corrected chi connectivity index (χ2v) is 7.68. The molecule has 1 aliphatic rings. The lowest BCUT2D eigenvalue weighted by atomic mass is 9.72. The molecule has 154 valence electrons. The summed E-state index contributed by atoms with van der Waals surface area (Å²) in [6.45, 7) is 7.45. The van der Waals surface area contributed by atoms with Crippen molar-refractivity contribution in [2.75, 3.05) is 6.61 Å². The fourth-order valence-corrected chi connectivity index (χ4v) is 3.80. The van der Waals surface area contributed by atoms with Gasteiger partial charge in [-0.2, -0.15) is 0 Å². The first-order valence-corrected chi connectivity index (χ1v) is 10.2. The van der Waals surface area contributed by atoms with Gasteiger partial charge in [0.25, 0.3) is 0 Å². The topological polar surface area (TPSA) is 75.7 Å².